The maximum Gasteiger partial charge on any atom is 0.306 e. The van der Waals surface area contributed by atoms with E-state index < -0.39 is 5.97 Å². The molecule has 4 nitrogen and oxygen atoms in total. The SMILES string of the molecule is CCCCCCCCCCCC(=O)OC(C)CCCC(=O)O. The maximum absolute atomic E-state index is 11.6. The van der Waals surface area contributed by atoms with Crippen molar-refractivity contribution >= 4 is 11.9 Å². The van der Waals surface area contributed by atoms with Crippen LogP contribution in [0, 0.1) is 0 Å². The Balaban J connectivity index is 3.36. The zero-order valence-corrected chi connectivity index (χ0v) is 14.4. The molecule has 1 N–H and O–H groups in total. The van der Waals surface area contributed by atoms with Gasteiger partial charge in [-0.3, -0.25) is 9.59 Å². The smallest absolute Gasteiger partial charge is 0.306 e. The number of ether oxygens (including phenoxy) is 1. The molecule has 0 aromatic rings. The number of rotatable bonds is 15. The van der Waals surface area contributed by atoms with Crippen molar-refractivity contribution < 1.29 is 19.4 Å². The maximum atomic E-state index is 11.6. The first-order valence-electron chi connectivity index (χ1n) is 8.97. The van der Waals surface area contributed by atoms with Crippen LogP contribution in [0.2, 0.25) is 0 Å². The second-order valence-electron chi connectivity index (χ2n) is 6.16. The van der Waals surface area contributed by atoms with Gasteiger partial charge in [0.25, 0.3) is 0 Å². The average molecular weight is 314 g/mol. The summed E-state index contributed by atoms with van der Waals surface area (Å²) < 4.78 is 5.27. The Labute approximate surface area is 135 Å². The van der Waals surface area contributed by atoms with Crippen LogP contribution in [0.1, 0.15) is 97.3 Å². The van der Waals surface area contributed by atoms with Gasteiger partial charge in [-0.25, -0.2) is 0 Å². The van der Waals surface area contributed by atoms with E-state index in [1.54, 1.807) is 0 Å². The monoisotopic (exact) mass is 314 g/mol. The quantitative estimate of drug-likeness (QED) is 0.337. The highest BCUT2D eigenvalue weighted by molar-refractivity contribution is 5.69. The van der Waals surface area contributed by atoms with E-state index in [9.17, 15) is 9.59 Å². The van der Waals surface area contributed by atoms with Crippen LogP contribution in [0.4, 0.5) is 0 Å². The number of esters is 1. The van der Waals surface area contributed by atoms with Crippen molar-refractivity contribution in [2.75, 3.05) is 0 Å². The van der Waals surface area contributed by atoms with Gasteiger partial charge in [0.2, 0.25) is 0 Å². The van der Waals surface area contributed by atoms with Crippen LogP contribution in [0.15, 0.2) is 0 Å². The summed E-state index contributed by atoms with van der Waals surface area (Å²) in [6.45, 7) is 4.06. The number of carboxylic acid groups (broad SMARTS) is 1. The Bertz CT molecular complexity index is 289. The summed E-state index contributed by atoms with van der Waals surface area (Å²) in [4.78, 5) is 22.0. The fourth-order valence-electron chi connectivity index (χ4n) is 2.46. The summed E-state index contributed by atoms with van der Waals surface area (Å²) in [6.07, 6.45) is 12.7. The van der Waals surface area contributed by atoms with Gasteiger partial charge in [-0.2, -0.15) is 0 Å². The fraction of sp³-hybridized carbons (Fsp3) is 0.889. The zero-order valence-electron chi connectivity index (χ0n) is 14.4. The number of carbonyl (C=O) groups is 2. The van der Waals surface area contributed by atoms with Crippen molar-refractivity contribution in [3.63, 3.8) is 0 Å². The molecule has 0 rings (SSSR count). The first-order valence-corrected chi connectivity index (χ1v) is 8.97. The predicted molar refractivity (Wildman–Crippen MR) is 88.9 cm³/mol. The van der Waals surface area contributed by atoms with Crippen LogP contribution >= 0.6 is 0 Å². The van der Waals surface area contributed by atoms with E-state index in [1.807, 2.05) is 6.92 Å². The van der Waals surface area contributed by atoms with E-state index in [0.717, 1.165) is 12.8 Å². The fourth-order valence-corrected chi connectivity index (χ4v) is 2.46. The lowest BCUT2D eigenvalue weighted by Gasteiger charge is -2.12. The molecule has 0 amide bonds. The van der Waals surface area contributed by atoms with Crippen LogP contribution in [0.3, 0.4) is 0 Å². The summed E-state index contributed by atoms with van der Waals surface area (Å²) in [6, 6.07) is 0. The normalized spacial score (nSPS) is 12.1. The van der Waals surface area contributed by atoms with Gasteiger partial charge in [-0.05, 0) is 26.2 Å². The van der Waals surface area contributed by atoms with Crippen molar-refractivity contribution in [2.24, 2.45) is 0 Å². The number of carbonyl (C=O) groups excluding carboxylic acids is 1. The second-order valence-corrected chi connectivity index (χ2v) is 6.16. The Kier molecular flexibility index (Phi) is 14.1. The third-order valence-electron chi connectivity index (χ3n) is 3.82. The average Bonchev–Trinajstić information content (AvgIpc) is 2.45. The number of carboxylic acids is 1. The highest BCUT2D eigenvalue weighted by Gasteiger charge is 2.09. The molecule has 0 fully saturated rings. The molecular formula is C18H34O4. The lowest BCUT2D eigenvalue weighted by molar-refractivity contribution is -0.148. The molecule has 22 heavy (non-hydrogen) atoms. The summed E-state index contributed by atoms with van der Waals surface area (Å²) >= 11 is 0. The number of aliphatic carboxylic acids is 1. The molecule has 0 bridgehead atoms. The Hall–Kier alpha value is -1.06. The van der Waals surface area contributed by atoms with E-state index in [4.69, 9.17) is 9.84 Å². The molecular weight excluding hydrogens is 280 g/mol. The van der Waals surface area contributed by atoms with Crippen LogP contribution < -0.4 is 0 Å². The van der Waals surface area contributed by atoms with Gasteiger partial charge in [-0.1, -0.05) is 58.3 Å². The highest BCUT2D eigenvalue weighted by Crippen LogP contribution is 2.12. The van der Waals surface area contributed by atoms with E-state index in [-0.39, 0.29) is 18.5 Å². The number of hydrogen-bond donors (Lipinski definition) is 1. The molecule has 4 heteroatoms. The van der Waals surface area contributed by atoms with Crippen LogP contribution in [0.25, 0.3) is 0 Å². The molecule has 0 aromatic heterocycles. The highest BCUT2D eigenvalue weighted by atomic mass is 16.5. The van der Waals surface area contributed by atoms with Crippen LogP contribution in [-0.2, 0) is 14.3 Å². The zero-order chi connectivity index (χ0) is 16.6. The second kappa shape index (κ2) is 14.9. The Morgan fingerprint density at radius 1 is 0.864 bits per heavy atom. The van der Waals surface area contributed by atoms with Gasteiger partial charge >= 0.3 is 11.9 Å². The summed E-state index contributed by atoms with van der Waals surface area (Å²) in [7, 11) is 0. The largest absolute Gasteiger partial charge is 0.481 e. The molecule has 0 aliphatic rings. The molecule has 0 radical (unpaired) electrons. The van der Waals surface area contributed by atoms with Crippen LogP contribution in [0.5, 0.6) is 0 Å². The minimum Gasteiger partial charge on any atom is -0.481 e. The summed E-state index contributed by atoms with van der Waals surface area (Å²) in [5.41, 5.74) is 0. The Morgan fingerprint density at radius 3 is 1.95 bits per heavy atom. The summed E-state index contributed by atoms with van der Waals surface area (Å²) in [5, 5.41) is 8.55. The van der Waals surface area contributed by atoms with Gasteiger partial charge in [0.15, 0.2) is 0 Å². The molecule has 0 saturated carbocycles. The first-order chi connectivity index (χ1) is 10.6. The van der Waals surface area contributed by atoms with E-state index in [0.29, 0.717) is 19.3 Å². The molecule has 0 aliphatic carbocycles. The third-order valence-corrected chi connectivity index (χ3v) is 3.82. The van der Waals surface area contributed by atoms with Gasteiger partial charge in [0.1, 0.15) is 0 Å². The minimum atomic E-state index is -0.798. The lowest BCUT2D eigenvalue weighted by atomic mass is 10.1. The Morgan fingerprint density at radius 2 is 1.41 bits per heavy atom. The lowest BCUT2D eigenvalue weighted by Crippen LogP contribution is -2.15. The van der Waals surface area contributed by atoms with Crippen molar-refractivity contribution in [3.05, 3.63) is 0 Å². The van der Waals surface area contributed by atoms with Gasteiger partial charge < -0.3 is 9.84 Å². The van der Waals surface area contributed by atoms with E-state index >= 15 is 0 Å². The molecule has 0 aromatic carbocycles. The molecule has 130 valence electrons. The van der Waals surface area contributed by atoms with Crippen molar-refractivity contribution in [1.29, 1.82) is 0 Å². The van der Waals surface area contributed by atoms with Gasteiger partial charge in [-0.15, -0.1) is 0 Å². The third kappa shape index (κ3) is 15.3. The molecule has 0 spiro atoms. The topological polar surface area (TPSA) is 63.6 Å². The molecule has 1 unspecified atom stereocenters. The van der Waals surface area contributed by atoms with Crippen LogP contribution in [-0.4, -0.2) is 23.1 Å². The molecule has 0 aliphatic heterocycles. The van der Waals surface area contributed by atoms with Crippen molar-refractivity contribution in [1.82, 2.24) is 0 Å². The predicted octanol–water partition coefficient (Wildman–Crippen LogP) is 5.09. The van der Waals surface area contributed by atoms with Gasteiger partial charge in [0.05, 0.1) is 6.10 Å². The minimum absolute atomic E-state index is 0.139. The standard InChI is InChI=1S/C18H34O4/c1-3-4-5-6-7-8-9-10-11-15-18(21)22-16(2)13-12-14-17(19)20/h16H,3-15H2,1-2H3,(H,19,20). The van der Waals surface area contributed by atoms with Gasteiger partial charge in [0, 0.05) is 12.8 Å². The van der Waals surface area contributed by atoms with E-state index in [2.05, 4.69) is 6.92 Å². The molecule has 0 saturated heterocycles. The number of hydrogen-bond acceptors (Lipinski definition) is 3. The molecule has 0 heterocycles. The first kappa shape index (κ1) is 20.9. The molecule has 1 atom stereocenters. The summed E-state index contributed by atoms with van der Waals surface area (Å²) in [5.74, 6) is -0.945. The van der Waals surface area contributed by atoms with Crippen molar-refractivity contribution in [2.45, 2.75) is 103 Å². The van der Waals surface area contributed by atoms with E-state index in [1.165, 1.54) is 44.9 Å². The van der Waals surface area contributed by atoms with Crippen molar-refractivity contribution in [3.8, 4) is 0 Å². The number of unbranched alkanes of at least 4 members (excludes halogenated alkanes) is 8.